The number of ether oxygens (including phenoxy) is 1. The van der Waals surface area contributed by atoms with E-state index >= 15 is 0 Å². The Kier molecular flexibility index (Phi) is 2.83. The van der Waals surface area contributed by atoms with Crippen molar-refractivity contribution in [1.82, 2.24) is 0 Å². The third-order valence-corrected chi connectivity index (χ3v) is 1.83. The zero-order valence-corrected chi connectivity index (χ0v) is 7.12. The van der Waals surface area contributed by atoms with Crippen LogP contribution in [0.4, 0.5) is 0 Å². The van der Waals surface area contributed by atoms with Crippen LogP contribution >= 0.6 is 0 Å². The van der Waals surface area contributed by atoms with Crippen LogP contribution in [0.3, 0.4) is 0 Å². The molecule has 0 saturated carbocycles. The zero-order chi connectivity index (χ0) is 9.14. The summed E-state index contributed by atoms with van der Waals surface area (Å²) < 4.78 is 4.80. The topological polar surface area (TPSA) is 78.3 Å². The minimum Gasteiger partial charge on any atom is -0.463 e. The van der Waals surface area contributed by atoms with Crippen LogP contribution < -0.4 is 11.5 Å². The highest BCUT2D eigenvalue weighted by molar-refractivity contribution is 5.90. The molecule has 1 aliphatic carbocycles. The largest absolute Gasteiger partial charge is 0.463 e. The standard InChI is InChI=1S/C8H14N2O2/c1-2-12-8(11)6-3-5(9)4-7(6)10/h3,5,7H,2,4,9-10H2,1H3. The molecule has 0 heterocycles. The van der Waals surface area contributed by atoms with Crippen molar-refractivity contribution in [3.8, 4) is 0 Å². The molecule has 0 bridgehead atoms. The van der Waals surface area contributed by atoms with Gasteiger partial charge in [0, 0.05) is 12.1 Å². The number of esters is 1. The number of hydrogen-bond acceptors (Lipinski definition) is 4. The van der Waals surface area contributed by atoms with Gasteiger partial charge in [0.25, 0.3) is 0 Å². The van der Waals surface area contributed by atoms with E-state index in [1.54, 1.807) is 13.0 Å². The van der Waals surface area contributed by atoms with Crippen molar-refractivity contribution in [3.63, 3.8) is 0 Å². The van der Waals surface area contributed by atoms with Gasteiger partial charge in [-0.3, -0.25) is 0 Å². The number of hydrogen-bond donors (Lipinski definition) is 2. The van der Waals surface area contributed by atoms with Gasteiger partial charge in [-0.1, -0.05) is 6.08 Å². The van der Waals surface area contributed by atoms with Crippen LogP contribution in [0, 0.1) is 0 Å². The smallest absolute Gasteiger partial charge is 0.335 e. The van der Waals surface area contributed by atoms with Gasteiger partial charge in [-0.05, 0) is 13.3 Å². The summed E-state index contributed by atoms with van der Waals surface area (Å²) in [4.78, 5) is 11.2. The number of nitrogens with two attached hydrogens (primary N) is 2. The highest BCUT2D eigenvalue weighted by Crippen LogP contribution is 2.17. The first-order chi connectivity index (χ1) is 5.65. The van der Waals surface area contributed by atoms with Crippen molar-refractivity contribution in [2.45, 2.75) is 25.4 Å². The average Bonchev–Trinajstić information content (AvgIpc) is 2.30. The molecule has 1 rings (SSSR count). The molecule has 0 spiro atoms. The lowest BCUT2D eigenvalue weighted by Crippen LogP contribution is -2.27. The maximum Gasteiger partial charge on any atom is 0.335 e. The summed E-state index contributed by atoms with van der Waals surface area (Å²) in [5.41, 5.74) is 11.8. The molecule has 0 amide bonds. The Hall–Kier alpha value is -0.870. The molecule has 4 heteroatoms. The predicted octanol–water partition coefficient (Wildman–Crippen LogP) is -0.466. The minimum absolute atomic E-state index is 0.0978. The summed E-state index contributed by atoms with van der Waals surface area (Å²) >= 11 is 0. The molecule has 12 heavy (non-hydrogen) atoms. The molecule has 68 valence electrons. The second-order valence-electron chi connectivity index (χ2n) is 2.85. The molecule has 0 saturated heterocycles. The summed E-state index contributed by atoms with van der Waals surface area (Å²) in [6, 6.07) is -0.349. The molecule has 2 atom stereocenters. The molecular weight excluding hydrogens is 156 g/mol. The van der Waals surface area contributed by atoms with Gasteiger partial charge >= 0.3 is 5.97 Å². The van der Waals surface area contributed by atoms with Crippen molar-refractivity contribution in [1.29, 1.82) is 0 Å². The van der Waals surface area contributed by atoms with E-state index in [9.17, 15) is 4.79 Å². The van der Waals surface area contributed by atoms with Crippen molar-refractivity contribution in [2.75, 3.05) is 6.61 Å². The van der Waals surface area contributed by atoms with E-state index in [1.807, 2.05) is 0 Å². The lowest BCUT2D eigenvalue weighted by atomic mass is 10.1. The number of rotatable bonds is 2. The predicted molar refractivity (Wildman–Crippen MR) is 45.3 cm³/mol. The fourth-order valence-electron chi connectivity index (χ4n) is 1.28. The van der Waals surface area contributed by atoms with Gasteiger partial charge in [0.15, 0.2) is 0 Å². The lowest BCUT2D eigenvalue weighted by molar-refractivity contribution is -0.138. The molecule has 2 unspecified atom stereocenters. The summed E-state index contributed by atoms with van der Waals surface area (Å²) in [6.07, 6.45) is 2.32. The van der Waals surface area contributed by atoms with Crippen LogP contribution in [0.1, 0.15) is 13.3 Å². The molecule has 0 aromatic rings. The van der Waals surface area contributed by atoms with E-state index in [4.69, 9.17) is 16.2 Å². The Morgan fingerprint density at radius 1 is 1.75 bits per heavy atom. The Morgan fingerprint density at radius 3 is 2.83 bits per heavy atom. The first-order valence-corrected chi connectivity index (χ1v) is 4.05. The highest BCUT2D eigenvalue weighted by atomic mass is 16.5. The van der Waals surface area contributed by atoms with E-state index in [0.717, 1.165) is 0 Å². The van der Waals surface area contributed by atoms with Gasteiger partial charge in [0.05, 0.1) is 12.2 Å². The van der Waals surface area contributed by atoms with Crippen LogP contribution in [0.25, 0.3) is 0 Å². The van der Waals surface area contributed by atoms with Crippen molar-refractivity contribution in [2.24, 2.45) is 11.5 Å². The van der Waals surface area contributed by atoms with Crippen LogP contribution in [0.15, 0.2) is 11.6 Å². The average molecular weight is 170 g/mol. The molecular formula is C8H14N2O2. The zero-order valence-electron chi connectivity index (χ0n) is 7.12. The number of carbonyl (C=O) groups is 1. The van der Waals surface area contributed by atoms with Crippen molar-refractivity contribution < 1.29 is 9.53 Å². The van der Waals surface area contributed by atoms with Crippen molar-refractivity contribution >= 4 is 5.97 Å². The second kappa shape index (κ2) is 3.69. The Bertz CT molecular complexity index is 213. The van der Waals surface area contributed by atoms with E-state index in [1.165, 1.54) is 0 Å². The summed E-state index contributed by atoms with van der Waals surface area (Å²) in [7, 11) is 0. The quantitative estimate of drug-likeness (QED) is 0.549. The molecule has 4 N–H and O–H groups in total. The third kappa shape index (κ3) is 1.84. The van der Waals surface area contributed by atoms with Crippen LogP contribution in [0.5, 0.6) is 0 Å². The van der Waals surface area contributed by atoms with E-state index in [2.05, 4.69) is 0 Å². The van der Waals surface area contributed by atoms with Gasteiger partial charge in [-0.2, -0.15) is 0 Å². The third-order valence-electron chi connectivity index (χ3n) is 1.83. The normalized spacial score (nSPS) is 28.4. The summed E-state index contributed by atoms with van der Waals surface area (Å²) in [5, 5.41) is 0. The Labute approximate surface area is 71.6 Å². The van der Waals surface area contributed by atoms with Gasteiger partial charge in [-0.15, -0.1) is 0 Å². The fourth-order valence-corrected chi connectivity index (χ4v) is 1.28. The molecule has 0 fully saturated rings. The Balaban J connectivity index is 2.61. The van der Waals surface area contributed by atoms with Gasteiger partial charge in [0.2, 0.25) is 0 Å². The SMILES string of the molecule is CCOC(=O)C1=CC(N)CC1N. The lowest BCUT2D eigenvalue weighted by Gasteiger charge is -2.07. The maximum absolute atomic E-state index is 11.2. The molecule has 0 radical (unpaired) electrons. The first kappa shape index (κ1) is 9.22. The monoisotopic (exact) mass is 170 g/mol. The van der Waals surface area contributed by atoms with Crippen molar-refractivity contribution in [3.05, 3.63) is 11.6 Å². The first-order valence-electron chi connectivity index (χ1n) is 4.05. The van der Waals surface area contributed by atoms with E-state index in [0.29, 0.717) is 18.6 Å². The Morgan fingerprint density at radius 2 is 2.42 bits per heavy atom. The molecule has 0 aromatic carbocycles. The molecule has 0 aromatic heterocycles. The van der Waals surface area contributed by atoms with Gasteiger partial charge in [-0.25, -0.2) is 4.79 Å². The fraction of sp³-hybridized carbons (Fsp3) is 0.625. The van der Waals surface area contributed by atoms with E-state index in [-0.39, 0.29) is 18.1 Å². The second-order valence-corrected chi connectivity index (χ2v) is 2.85. The summed E-state index contributed by atoms with van der Waals surface area (Å²) in [6.45, 7) is 2.14. The van der Waals surface area contributed by atoms with Gasteiger partial charge in [0.1, 0.15) is 0 Å². The maximum atomic E-state index is 11.2. The summed E-state index contributed by atoms with van der Waals surface area (Å²) in [5.74, 6) is -0.335. The van der Waals surface area contributed by atoms with E-state index < -0.39 is 0 Å². The highest BCUT2D eigenvalue weighted by Gasteiger charge is 2.26. The molecule has 1 aliphatic rings. The number of carbonyl (C=O) groups excluding carboxylic acids is 1. The minimum atomic E-state index is -0.335. The van der Waals surface area contributed by atoms with Crippen LogP contribution in [0.2, 0.25) is 0 Å². The molecule has 0 aliphatic heterocycles. The molecule has 4 nitrogen and oxygen atoms in total. The van der Waals surface area contributed by atoms with Crippen LogP contribution in [-0.4, -0.2) is 24.7 Å². The van der Waals surface area contributed by atoms with Crippen LogP contribution in [-0.2, 0) is 9.53 Å². The van der Waals surface area contributed by atoms with Gasteiger partial charge < -0.3 is 16.2 Å².